The summed E-state index contributed by atoms with van der Waals surface area (Å²) in [6.07, 6.45) is 1.27. The molecule has 1 atom stereocenters. The number of H-pyrrole nitrogens is 1. The van der Waals surface area contributed by atoms with Crippen LogP contribution < -0.4 is 15.4 Å². The van der Waals surface area contributed by atoms with Crippen molar-refractivity contribution in [2.24, 2.45) is 5.41 Å². The number of carbonyl (C=O) groups is 2. The molecule has 3 N–H and O–H groups in total. The van der Waals surface area contributed by atoms with E-state index in [0.717, 1.165) is 17.3 Å². The van der Waals surface area contributed by atoms with E-state index < -0.39 is 0 Å². The molecule has 1 unspecified atom stereocenters. The molecular weight excluding hydrogens is 294 g/mol. The van der Waals surface area contributed by atoms with Crippen molar-refractivity contribution in [3.8, 4) is 5.75 Å². The maximum Gasteiger partial charge on any atom is 0.271 e. The van der Waals surface area contributed by atoms with Gasteiger partial charge in [0.2, 0.25) is 5.91 Å². The summed E-state index contributed by atoms with van der Waals surface area (Å²) in [5, 5.41) is 6.70. The molecule has 23 heavy (non-hydrogen) atoms. The first-order valence-corrected chi connectivity index (χ1v) is 7.72. The molecule has 1 aromatic heterocycles. The molecule has 0 radical (unpaired) electrons. The molecule has 122 valence electrons. The lowest BCUT2D eigenvalue weighted by atomic mass is 9.82. The van der Waals surface area contributed by atoms with Crippen LogP contribution in [0.5, 0.6) is 5.75 Å². The molecule has 6 nitrogen and oxygen atoms in total. The molecule has 0 bridgehead atoms. The van der Waals surface area contributed by atoms with Crippen LogP contribution in [0.15, 0.2) is 24.3 Å². The number of carbonyl (C=O) groups excluding carboxylic acids is 2. The van der Waals surface area contributed by atoms with E-state index in [1.165, 1.54) is 0 Å². The van der Waals surface area contributed by atoms with Crippen LogP contribution >= 0.6 is 0 Å². The van der Waals surface area contributed by atoms with Crippen molar-refractivity contribution in [3.63, 3.8) is 0 Å². The molecule has 6 heteroatoms. The van der Waals surface area contributed by atoms with Crippen LogP contribution in [0.4, 0.5) is 0 Å². The molecule has 2 heterocycles. The molecule has 2 amide bonds. The molecule has 0 spiro atoms. The number of aromatic amines is 1. The topological polar surface area (TPSA) is 83.2 Å². The predicted octanol–water partition coefficient (Wildman–Crippen LogP) is 1.82. The molecule has 1 saturated heterocycles. The van der Waals surface area contributed by atoms with Crippen molar-refractivity contribution >= 4 is 22.7 Å². The van der Waals surface area contributed by atoms with Gasteiger partial charge < -0.3 is 20.4 Å². The van der Waals surface area contributed by atoms with E-state index in [4.69, 9.17) is 4.74 Å². The van der Waals surface area contributed by atoms with Gasteiger partial charge >= 0.3 is 0 Å². The van der Waals surface area contributed by atoms with Gasteiger partial charge in [0.15, 0.2) is 5.75 Å². The van der Waals surface area contributed by atoms with Gasteiger partial charge in [-0.15, -0.1) is 0 Å². The highest BCUT2D eigenvalue weighted by Crippen LogP contribution is 2.30. The summed E-state index contributed by atoms with van der Waals surface area (Å²) in [4.78, 5) is 26.9. The highest BCUT2D eigenvalue weighted by Gasteiger charge is 2.31. The molecule has 1 fully saturated rings. The van der Waals surface area contributed by atoms with E-state index >= 15 is 0 Å². The molecule has 1 aromatic carbocycles. The normalized spacial score (nSPS) is 21.0. The van der Waals surface area contributed by atoms with Gasteiger partial charge in [-0.3, -0.25) is 9.59 Å². The van der Waals surface area contributed by atoms with Gasteiger partial charge in [0.1, 0.15) is 5.69 Å². The smallest absolute Gasteiger partial charge is 0.271 e. The molecule has 1 aliphatic rings. The number of amides is 2. The van der Waals surface area contributed by atoms with E-state index in [2.05, 4.69) is 22.5 Å². The molecular formula is C17H21N3O3. The van der Waals surface area contributed by atoms with Crippen molar-refractivity contribution in [1.82, 2.24) is 15.6 Å². The van der Waals surface area contributed by atoms with Gasteiger partial charge in [-0.05, 0) is 18.6 Å². The first-order valence-electron chi connectivity index (χ1n) is 7.72. The highest BCUT2D eigenvalue weighted by molar-refractivity contribution is 6.03. The number of hydrogen-bond donors (Lipinski definition) is 3. The van der Waals surface area contributed by atoms with Gasteiger partial charge in [0, 0.05) is 35.8 Å². The maximum atomic E-state index is 12.5. The second-order valence-electron chi connectivity index (χ2n) is 6.35. The minimum Gasteiger partial charge on any atom is -0.494 e. The van der Waals surface area contributed by atoms with Crippen LogP contribution in [-0.4, -0.2) is 37.0 Å². The number of rotatable bonds is 4. The second-order valence-corrected chi connectivity index (χ2v) is 6.35. The molecule has 1 aliphatic heterocycles. The molecule has 0 saturated carbocycles. The standard InChI is InChI=1S/C17H21N3O3/c1-17(8-7-13(21)18-9-17)10-19-16(22)14-15(23-2)11-5-3-4-6-12(11)20-14/h3-6,20H,7-10H2,1-2H3,(H,18,21)(H,19,22). The number of hydrogen-bond acceptors (Lipinski definition) is 3. The first-order chi connectivity index (χ1) is 11.0. The Morgan fingerprint density at radius 2 is 2.17 bits per heavy atom. The third-order valence-electron chi connectivity index (χ3n) is 4.43. The van der Waals surface area contributed by atoms with E-state index in [-0.39, 0.29) is 17.2 Å². The zero-order valence-corrected chi connectivity index (χ0v) is 13.4. The van der Waals surface area contributed by atoms with E-state index in [1.54, 1.807) is 7.11 Å². The molecule has 3 rings (SSSR count). The maximum absolute atomic E-state index is 12.5. The van der Waals surface area contributed by atoms with Crippen LogP contribution in [0.1, 0.15) is 30.3 Å². The largest absolute Gasteiger partial charge is 0.494 e. The summed E-state index contributed by atoms with van der Waals surface area (Å²) in [5.74, 6) is 0.433. The van der Waals surface area contributed by atoms with Crippen molar-refractivity contribution in [1.29, 1.82) is 0 Å². The van der Waals surface area contributed by atoms with E-state index in [9.17, 15) is 9.59 Å². The third kappa shape index (κ3) is 3.02. The van der Waals surface area contributed by atoms with E-state index in [0.29, 0.717) is 31.0 Å². The average Bonchev–Trinajstić information content (AvgIpc) is 2.94. The zero-order chi connectivity index (χ0) is 16.4. The predicted molar refractivity (Wildman–Crippen MR) is 87.5 cm³/mol. The number of benzene rings is 1. The number of aromatic nitrogens is 1. The number of para-hydroxylation sites is 1. The number of piperidine rings is 1. The fraction of sp³-hybridized carbons (Fsp3) is 0.412. The monoisotopic (exact) mass is 315 g/mol. The fourth-order valence-electron chi connectivity index (χ4n) is 2.93. The van der Waals surface area contributed by atoms with Gasteiger partial charge in [-0.2, -0.15) is 0 Å². The van der Waals surface area contributed by atoms with Crippen LogP contribution in [0.3, 0.4) is 0 Å². The van der Waals surface area contributed by atoms with Gasteiger partial charge in [0.25, 0.3) is 5.91 Å². The van der Waals surface area contributed by atoms with Gasteiger partial charge in [-0.1, -0.05) is 19.1 Å². The SMILES string of the molecule is COc1c(C(=O)NCC2(C)CCC(=O)NC2)[nH]c2ccccc12. The lowest BCUT2D eigenvalue weighted by Gasteiger charge is -2.33. The summed E-state index contributed by atoms with van der Waals surface area (Å²) in [6, 6.07) is 7.64. The number of fused-ring (bicyclic) bond motifs is 1. The van der Waals surface area contributed by atoms with Crippen LogP contribution in [0.25, 0.3) is 10.9 Å². The Kier molecular flexibility index (Phi) is 3.98. The zero-order valence-electron chi connectivity index (χ0n) is 13.4. The highest BCUT2D eigenvalue weighted by atomic mass is 16.5. The van der Waals surface area contributed by atoms with Gasteiger partial charge in [0.05, 0.1) is 7.11 Å². The summed E-state index contributed by atoms with van der Waals surface area (Å²) in [7, 11) is 1.56. The number of ether oxygens (including phenoxy) is 1. The Balaban J connectivity index is 1.75. The Labute approximate surface area is 134 Å². The molecule has 2 aromatic rings. The summed E-state index contributed by atoms with van der Waals surface area (Å²) in [5.41, 5.74) is 1.17. The minimum atomic E-state index is -0.198. The Bertz CT molecular complexity index is 741. The van der Waals surface area contributed by atoms with Crippen molar-refractivity contribution in [3.05, 3.63) is 30.0 Å². The third-order valence-corrected chi connectivity index (χ3v) is 4.43. The molecule has 0 aliphatic carbocycles. The second kappa shape index (κ2) is 5.95. The summed E-state index contributed by atoms with van der Waals surface area (Å²) < 4.78 is 5.40. The summed E-state index contributed by atoms with van der Waals surface area (Å²) >= 11 is 0. The average molecular weight is 315 g/mol. The van der Waals surface area contributed by atoms with Gasteiger partial charge in [-0.25, -0.2) is 0 Å². The number of methoxy groups -OCH3 is 1. The Hall–Kier alpha value is -2.50. The minimum absolute atomic E-state index is 0.0751. The Morgan fingerprint density at radius 3 is 2.87 bits per heavy atom. The quantitative estimate of drug-likeness (QED) is 0.805. The summed E-state index contributed by atoms with van der Waals surface area (Å²) in [6.45, 7) is 3.15. The van der Waals surface area contributed by atoms with Crippen molar-refractivity contribution in [2.45, 2.75) is 19.8 Å². The van der Waals surface area contributed by atoms with Crippen LogP contribution in [0, 0.1) is 5.41 Å². The lowest BCUT2D eigenvalue weighted by molar-refractivity contribution is -0.124. The first kappa shape index (κ1) is 15.4. The number of nitrogens with one attached hydrogen (secondary N) is 3. The van der Waals surface area contributed by atoms with Crippen LogP contribution in [0.2, 0.25) is 0 Å². The van der Waals surface area contributed by atoms with Crippen LogP contribution in [-0.2, 0) is 4.79 Å². The van der Waals surface area contributed by atoms with E-state index in [1.807, 2.05) is 24.3 Å². The van der Waals surface area contributed by atoms with Crippen molar-refractivity contribution < 1.29 is 14.3 Å². The lowest BCUT2D eigenvalue weighted by Crippen LogP contribution is -2.47. The fourth-order valence-corrected chi connectivity index (χ4v) is 2.93. The van der Waals surface area contributed by atoms with Crippen molar-refractivity contribution in [2.75, 3.05) is 20.2 Å². The Morgan fingerprint density at radius 1 is 1.39 bits per heavy atom.